The highest BCUT2D eigenvalue weighted by Gasteiger charge is 2.25. The number of unbranched alkanes of at least 4 members (excludes halogenated alkanes) is 1. The maximum Gasteiger partial charge on any atom is 0.229 e. The van der Waals surface area contributed by atoms with Crippen molar-refractivity contribution in [2.45, 2.75) is 38.7 Å². The Labute approximate surface area is 184 Å². The molecule has 30 heavy (non-hydrogen) atoms. The molecule has 1 aliphatic rings. The monoisotopic (exact) mass is 448 g/mol. The molecule has 7 heteroatoms. The fourth-order valence-electron chi connectivity index (χ4n) is 3.59. The van der Waals surface area contributed by atoms with E-state index in [2.05, 4.69) is 36.0 Å². The number of fused-ring (bicyclic) bond motifs is 1. The summed E-state index contributed by atoms with van der Waals surface area (Å²) in [7, 11) is -3.30. The number of sulfonamides is 1. The average Bonchev–Trinajstić information content (AvgIpc) is 2.63. The second kappa shape index (κ2) is 9.41. The van der Waals surface area contributed by atoms with Gasteiger partial charge in [0.2, 0.25) is 10.0 Å². The predicted molar refractivity (Wildman–Crippen MR) is 125 cm³/mol. The van der Waals surface area contributed by atoms with Gasteiger partial charge in [-0.25, -0.2) is 8.42 Å². The number of benzene rings is 2. The topological polar surface area (TPSA) is 67.4 Å². The Morgan fingerprint density at radius 2 is 1.87 bits per heavy atom. The third kappa shape index (κ3) is 6.49. The Morgan fingerprint density at radius 1 is 1.10 bits per heavy atom. The summed E-state index contributed by atoms with van der Waals surface area (Å²) in [6.45, 7) is 5.86. The normalized spacial score (nSPS) is 15.1. The second-order valence-corrected chi connectivity index (χ2v) is 10.3. The molecule has 5 nitrogen and oxygen atoms in total. The Morgan fingerprint density at radius 3 is 2.60 bits per heavy atom. The molecule has 162 valence electrons. The summed E-state index contributed by atoms with van der Waals surface area (Å²) >= 11 is 6.30. The maximum atomic E-state index is 11.3. The fraction of sp³-hybridized carbons (Fsp3) is 0.391. The minimum Gasteiger partial charge on any atom is -0.483 e. The molecular formula is C23H29ClN2O3S. The molecule has 0 spiro atoms. The van der Waals surface area contributed by atoms with Gasteiger partial charge in [0, 0.05) is 22.8 Å². The number of hydrogen-bond acceptors (Lipinski definition) is 4. The van der Waals surface area contributed by atoms with Crippen LogP contribution in [0.5, 0.6) is 5.75 Å². The molecule has 0 bridgehead atoms. The van der Waals surface area contributed by atoms with E-state index < -0.39 is 10.0 Å². The van der Waals surface area contributed by atoms with E-state index in [1.165, 1.54) is 5.57 Å². The lowest BCUT2D eigenvalue weighted by atomic mass is 9.94. The van der Waals surface area contributed by atoms with Crippen LogP contribution in [0.4, 0.5) is 5.69 Å². The molecule has 2 N–H and O–H groups in total. The van der Waals surface area contributed by atoms with Gasteiger partial charge in [-0.15, -0.1) is 0 Å². The Kier molecular flexibility index (Phi) is 7.11. The van der Waals surface area contributed by atoms with Crippen LogP contribution in [0.3, 0.4) is 0 Å². The SMILES string of the molecule is CC1(C)C=C(CNCCCCc2ccc(NS(C)(=O)=O)cc2Cl)c2ccccc2O1. The van der Waals surface area contributed by atoms with Gasteiger partial charge in [-0.05, 0) is 75.1 Å². The molecule has 0 amide bonds. The molecule has 0 atom stereocenters. The van der Waals surface area contributed by atoms with E-state index in [4.69, 9.17) is 16.3 Å². The highest BCUT2D eigenvalue weighted by molar-refractivity contribution is 7.92. The molecule has 2 aromatic carbocycles. The fourth-order valence-corrected chi connectivity index (χ4v) is 4.42. The van der Waals surface area contributed by atoms with E-state index in [9.17, 15) is 8.42 Å². The molecule has 1 heterocycles. The first-order chi connectivity index (χ1) is 14.1. The lowest BCUT2D eigenvalue weighted by Crippen LogP contribution is -2.31. The molecular weight excluding hydrogens is 420 g/mol. The molecule has 0 unspecified atom stereocenters. The van der Waals surface area contributed by atoms with Crippen molar-refractivity contribution in [2.24, 2.45) is 0 Å². The largest absolute Gasteiger partial charge is 0.483 e. The summed E-state index contributed by atoms with van der Waals surface area (Å²) in [6.07, 6.45) is 6.18. The minimum atomic E-state index is -3.30. The number of nitrogens with one attached hydrogen (secondary N) is 2. The summed E-state index contributed by atoms with van der Waals surface area (Å²) in [5, 5.41) is 4.12. The highest BCUT2D eigenvalue weighted by Crippen LogP contribution is 2.35. The summed E-state index contributed by atoms with van der Waals surface area (Å²) in [4.78, 5) is 0. The predicted octanol–water partition coefficient (Wildman–Crippen LogP) is 4.88. The number of hydrogen-bond donors (Lipinski definition) is 2. The third-order valence-corrected chi connectivity index (χ3v) is 5.81. The van der Waals surface area contributed by atoms with Crippen LogP contribution in [-0.2, 0) is 16.4 Å². The zero-order valence-corrected chi connectivity index (χ0v) is 19.2. The quantitative estimate of drug-likeness (QED) is 0.536. The van der Waals surface area contributed by atoms with Crippen LogP contribution >= 0.6 is 11.6 Å². The number of ether oxygens (including phenoxy) is 1. The summed E-state index contributed by atoms with van der Waals surface area (Å²) in [5.41, 5.74) is 3.62. The van der Waals surface area contributed by atoms with Crippen molar-refractivity contribution in [2.75, 3.05) is 24.1 Å². The molecule has 0 saturated heterocycles. The molecule has 2 aromatic rings. The van der Waals surface area contributed by atoms with Crippen molar-refractivity contribution < 1.29 is 13.2 Å². The summed E-state index contributed by atoms with van der Waals surface area (Å²) in [5.74, 6) is 0.935. The van der Waals surface area contributed by atoms with Crippen molar-refractivity contribution in [1.29, 1.82) is 0 Å². The lowest BCUT2D eigenvalue weighted by Gasteiger charge is -2.31. The lowest BCUT2D eigenvalue weighted by molar-refractivity contribution is 0.158. The molecule has 0 radical (unpaired) electrons. The van der Waals surface area contributed by atoms with Gasteiger partial charge in [0.05, 0.1) is 6.26 Å². The summed E-state index contributed by atoms with van der Waals surface area (Å²) < 4.78 is 31.1. The molecule has 0 fully saturated rings. The molecule has 3 rings (SSSR count). The summed E-state index contributed by atoms with van der Waals surface area (Å²) in [6, 6.07) is 13.4. The van der Waals surface area contributed by atoms with Crippen molar-refractivity contribution in [1.82, 2.24) is 5.32 Å². The molecule has 0 aromatic heterocycles. The third-order valence-electron chi connectivity index (χ3n) is 4.85. The van der Waals surface area contributed by atoms with E-state index in [-0.39, 0.29) is 5.60 Å². The van der Waals surface area contributed by atoms with Gasteiger partial charge in [-0.1, -0.05) is 35.9 Å². The Hall–Kier alpha value is -2.02. The maximum absolute atomic E-state index is 11.3. The number of rotatable bonds is 9. The standard InChI is InChI=1S/C23H29ClN2O3S/c1-23(2)15-18(20-9-4-5-10-22(20)29-23)16-25-13-7-6-8-17-11-12-19(14-21(17)24)26-30(3,27)28/h4-5,9-12,14-15,25-26H,6-8,13,16H2,1-3H3. The second-order valence-electron chi connectivity index (χ2n) is 8.19. The van der Waals surface area contributed by atoms with Crippen molar-refractivity contribution >= 4 is 32.9 Å². The van der Waals surface area contributed by atoms with Gasteiger partial charge in [-0.2, -0.15) is 0 Å². The zero-order chi connectivity index (χ0) is 21.8. The Bertz CT molecular complexity index is 1030. The minimum absolute atomic E-state index is 0.305. The number of aryl methyl sites for hydroxylation is 1. The molecule has 0 aliphatic carbocycles. The van der Waals surface area contributed by atoms with Crippen LogP contribution in [-0.4, -0.2) is 33.4 Å². The van der Waals surface area contributed by atoms with E-state index in [0.29, 0.717) is 10.7 Å². The van der Waals surface area contributed by atoms with Gasteiger partial charge in [0.25, 0.3) is 0 Å². The zero-order valence-electron chi connectivity index (χ0n) is 17.7. The van der Waals surface area contributed by atoms with E-state index in [1.807, 2.05) is 24.3 Å². The van der Waals surface area contributed by atoms with Crippen LogP contribution in [0.15, 0.2) is 48.5 Å². The first-order valence-corrected chi connectivity index (χ1v) is 12.4. The van der Waals surface area contributed by atoms with Gasteiger partial charge >= 0.3 is 0 Å². The van der Waals surface area contributed by atoms with E-state index in [0.717, 1.165) is 55.5 Å². The van der Waals surface area contributed by atoms with Crippen molar-refractivity contribution in [3.63, 3.8) is 0 Å². The van der Waals surface area contributed by atoms with Crippen LogP contribution < -0.4 is 14.8 Å². The smallest absolute Gasteiger partial charge is 0.229 e. The first-order valence-electron chi connectivity index (χ1n) is 10.1. The first kappa shape index (κ1) is 22.7. The van der Waals surface area contributed by atoms with Crippen molar-refractivity contribution in [3.05, 3.63) is 64.7 Å². The van der Waals surface area contributed by atoms with Crippen LogP contribution in [0, 0.1) is 0 Å². The van der Waals surface area contributed by atoms with Gasteiger partial charge < -0.3 is 10.1 Å². The van der Waals surface area contributed by atoms with Crippen LogP contribution in [0.25, 0.3) is 5.57 Å². The van der Waals surface area contributed by atoms with Gasteiger partial charge in [0.1, 0.15) is 11.4 Å². The highest BCUT2D eigenvalue weighted by atomic mass is 35.5. The number of halogens is 1. The molecule has 1 aliphatic heterocycles. The average molecular weight is 449 g/mol. The van der Waals surface area contributed by atoms with Crippen LogP contribution in [0.2, 0.25) is 5.02 Å². The number of para-hydroxylation sites is 1. The van der Waals surface area contributed by atoms with E-state index >= 15 is 0 Å². The van der Waals surface area contributed by atoms with E-state index in [1.54, 1.807) is 12.1 Å². The van der Waals surface area contributed by atoms with Crippen LogP contribution in [0.1, 0.15) is 37.8 Å². The van der Waals surface area contributed by atoms with Crippen molar-refractivity contribution in [3.8, 4) is 5.75 Å². The molecule has 0 saturated carbocycles. The Balaban J connectivity index is 1.45. The van der Waals surface area contributed by atoms with Gasteiger partial charge in [0.15, 0.2) is 0 Å². The van der Waals surface area contributed by atoms with Gasteiger partial charge in [-0.3, -0.25) is 4.72 Å². The number of anilines is 1.